The van der Waals surface area contributed by atoms with Crippen LogP contribution in [-0.4, -0.2) is 33.8 Å². The molecule has 1 N–H and O–H groups in total. The summed E-state index contributed by atoms with van der Waals surface area (Å²) in [6, 6.07) is 8.42. The lowest BCUT2D eigenvalue weighted by Crippen LogP contribution is -2.23. The van der Waals surface area contributed by atoms with Gasteiger partial charge in [-0.3, -0.25) is 9.59 Å². The second-order valence-corrected chi connectivity index (χ2v) is 7.02. The van der Waals surface area contributed by atoms with Crippen molar-refractivity contribution in [3.63, 3.8) is 0 Å². The van der Waals surface area contributed by atoms with E-state index >= 15 is 0 Å². The Labute approximate surface area is 147 Å². The molecule has 128 valence electrons. The highest BCUT2D eigenvalue weighted by Gasteiger charge is 2.17. The molecule has 2 aromatic heterocycles. The van der Waals surface area contributed by atoms with Crippen LogP contribution in [0, 0.1) is 0 Å². The molecule has 8 heteroatoms. The molecule has 1 aliphatic heterocycles. The van der Waals surface area contributed by atoms with Gasteiger partial charge in [0.05, 0.1) is 10.2 Å². The summed E-state index contributed by atoms with van der Waals surface area (Å²) < 4.78 is 2.18. The maximum absolute atomic E-state index is 12.3. The van der Waals surface area contributed by atoms with Crippen molar-refractivity contribution in [2.75, 3.05) is 23.3 Å². The number of aromatic nitrogens is 3. The number of carbonyl (C=O) groups excluding carboxylic acids is 1. The molecule has 3 heterocycles. The average molecular weight is 355 g/mol. The van der Waals surface area contributed by atoms with Crippen LogP contribution in [-0.2, 0) is 7.05 Å². The molecule has 0 bridgehead atoms. The van der Waals surface area contributed by atoms with E-state index in [0.29, 0.717) is 5.69 Å². The maximum Gasteiger partial charge on any atom is 0.276 e. The van der Waals surface area contributed by atoms with Crippen molar-refractivity contribution < 1.29 is 4.79 Å². The summed E-state index contributed by atoms with van der Waals surface area (Å²) in [6.45, 7) is 2.11. The first-order valence-corrected chi connectivity index (χ1v) is 8.93. The number of benzene rings is 1. The molecule has 0 unspecified atom stereocenters. The van der Waals surface area contributed by atoms with Crippen molar-refractivity contribution in [2.24, 2.45) is 7.05 Å². The molecule has 0 radical (unpaired) electrons. The lowest BCUT2D eigenvalue weighted by molar-refractivity contribution is 0.102. The third kappa shape index (κ3) is 3.12. The fourth-order valence-corrected chi connectivity index (χ4v) is 3.91. The van der Waals surface area contributed by atoms with Crippen molar-refractivity contribution in [1.29, 1.82) is 0 Å². The SMILES string of the molecule is Cn1nc(C(=O)Nc2ccc3nc(N4CCCC4)sc3c2)ccc1=O. The molecule has 25 heavy (non-hydrogen) atoms. The number of hydrogen-bond donors (Lipinski definition) is 1. The lowest BCUT2D eigenvalue weighted by Gasteiger charge is -2.11. The topological polar surface area (TPSA) is 80.1 Å². The first-order chi connectivity index (χ1) is 12.1. The fourth-order valence-electron chi connectivity index (χ4n) is 2.85. The number of fused-ring (bicyclic) bond motifs is 1. The minimum atomic E-state index is -0.348. The smallest absolute Gasteiger partial charge is 0.276 e. The molecule has 1 amide bonds. The molecule has 1 fully saturated rings. The summed E-state index contributed by atoms with van der Waals surface area (Å²) in [7, 11) is 1.52. The first-order valence-electron chi connectivity index (χ1n) is 8.11. The van der Waals surface area contributed by atoms with Gasteiger partial charge in [-0.05, 0) is 37.1 Å². The molecule has 0 spiro atoms. The van der Waals surface area contributed by atoms with Gasteiger partial charge in [-0.2, -0.15) is 5.10 Å². The number of aryl methyl sites for hydroxylation is 1. The largest absolute Gasteiger partial charge is 0.348 e. The third-order valence-corrected chi connectivity index (χ3v) is 5.28. The zero-order valence-electron chi connectivity index (χ0n) is 13.7. The third-order valence-electron chi connectivity index (χ3n) is 4.20. The molecule has 0 saturated carbocycles. The zero-order valence-corrected chi connectivity index (χ0v) is 14.5. The summed E-state index contributed by atoms with van der Waals surface area (Å²) >= 11 is 1.64. The van der Waals surface area contributed by atoms with Crippen molar-refractivity contribution in [3.05, 3.63) is 46.4 Å². The van der Waals surface area contributed by atoms with Gasteiger partial charge in [0.15, 0.2) is 5.13 Å². The minimum absolute atomic E-state index is 0.198. The van der Waals surface area contributed by atoms with Crippen LogP contribution in [0.3, 0.4) is 0 Å². The van der Waals surface area contributed by atoms with E-state index in [2.05, 4.69) is 20.3 Å². The van der Waals surface area contributed by atoms with E-state index in [1.807, 2.05) is 18.2 Å². The zero-order chi connectivity index (χ0) is 17.4. The molecule has 4 rings (SSSR count). The highest BCUT2D eigenvalue weighted by Crippen LogP contribution is 2.32. The molecule has 7 nitrogen and oxygen atoms in total. The van der Waals surface area contributed by atoms with E-state index in [4.69, 9.17) is 0 Å². The summed E-state index contributed by atoms with van der Waals surface area (Å²) in [6.07, 6.45) is 2.42. The van der Waals surface area contributed by atoms with Crippen LogP contribution in [0.4, 0.5) is 10.8 Å². The number of carbonyl (C=O) groups is 1. The van der Waals surface area contributed by atoms with Gasteiger partial charge in [0.25, 0.3) is 11.5 Å². The van der Waals surface area contributed by atoms with E-state index in [1.165, 1.54) is 32.0 Å². The number of anilines is 2. The van der Waals surface area contributed by atoms with Gasteiger partial charge in [-0.1, -0.05) is 11.3 Å². The van der Waals surface area contributed by atoms with Crippen LogP contribution in [0.25, 0.3) is 10.2 Å². The lowest BCUT2D eigenvalue weighted by atomic mass is 10.3. The Morgan fingerprint density at radius 1 is 1.20 bits per heavy atom. The minimum Gasteiger partial charge on any atom is -0.348 e. The van der Waals surface area contributed by atoms with Gasteiger partial charge in [-0.25, -0.2) is 9.67 Å². The van der Waals surface area contributed by atoms with E-state index in [-0.39, 0.29) is 17.2 Å². The van der Waals surface area contributed by atoms with Gasteiger partial charge in [0.1, 0.15) is 5.69 Å². The maximum atomic E-state index is 12.3. The van der Waals surface area contributed by atoms with Crippen LogP contribution in [0.2, 0.25) is 0 Å². The van der Waals surface area contributed by atoms with E-state index < -0.39 is 0 Å². The van der Waals surface area contributed by atoms with E-state index in [9.17, 15) is 9.59 Å². The number of nitrogens with one attached hydrogen (secondary N) is 1. The Morgan fingerprint density at radius 2 is 2.00 bits per heavy atom. The number of thiazole rings is 1. The molecular weight excluding hydrogens is 338 g/mol. The molecule has 1 aromatic carbocycles. The summed E-state index contributed by atoms with van der Waals surface area (Å²) in [5.41, 5.74) is 1.57. The van der Waals surface area contributed by atoms with Crippen LogP contribution in [0.5, 0.6) is 0 Å². The van der Waals surface area contributed by atoms with E-state index in [0.717, 1.165) is 33.1 Å². The highest BCUT2D eigenvalue weighted by molar-refractivity contribution is 7.22. The predicted octanol–water partition coefficient (Wildman–Crippen LogP) is 2.24. The van der Waals surface area contributed by atoms with Crippen molar-refractivity contribution in [3.8, 4) is 0 Å². The second-order valence-electron chi connectivity index (χ2n) is 6.01. The fraction of sp³-hybridized carbons (Fsp3) is 0.294. The van der Waals surface area contributed by atoms with Gasteiger partial charge < -0.3 is 10.2 Å². The Bertz CT molecular complexity index is 1000. The van der Waals surface area contributed by atoms with Gasteiger partial charge in [-0.15, -0.1) is 0 Å². The molecular formula is C17H17N5O2S. The number of nitrogens with zero attached hydrogens (tertiary/aromatic N) is 4. The average Bonchev–Trinajstić information content (AvgIpc) is 3.25. The number of amides is 1. The molecule has 3 aromatic rings. The summed E-state index contributed by atoms with van der Waals surface area (Å²) in [5, 5.41) is 7.83. The number of rotatable bonds is 3. The highest BCUT2D eigenvalue weighted by atomic mass is 32.1. The Morgan fingerprint density at radius 3 is 2.76 bits per heavy atom. The van der Waals surface area contributed by atoms with Crippen LogP contribution in [0.15, 0.2) is 35.1 Å². The van der Waals surface area contributed by atoms with Crippen molar-refractivity contribution in [1.82, 2.24) is 14.8 Å². The second kappa shape index (κ2) is 6.29. The quantitative estimate of drug-likeness (QED) is 0.779. The van der Waals surface area contributed by atoms with Crippen molar-refractivity contribution in [2.45, 2.75) is 12.8 Å². The Kier molecular flexibility index (Phi) is 3.96. The number of hydrogen-bond acceptors (Lipinski definition) is 6. The van der Waals surface area contributed by atoms with Gasteiger partial charge >= 0.3 is 0 Å². The van der Waals surface area contributed by atoms with Crippen molar-refractivity contribution >= 4 is 38.3 Å². The summed E-state index contributed by atoms with van der Waals surface area (Å²) in [4.78, 5) is 30.7. The normalized spacial score (nSPS) is 14.2. The summed E-state index contributed by atoms with van der Waals surface area (Å²) in [5.74, 6) is -0.348. The molecule has 1 aliphatic rings. The Hall–Kier alpha value is -2.74. The standard InChI is InChI=1S/C17H17N5O2S/c1-21-15(23)7-6-13(20-21)16(24)18-11-4-5-12-14(10-11)25-17(19-12)22-8-2-3-9-22/h4-7,10H,2-3,8-9H2,1H3,(H,18,24). The van der Waals surface area contributed by atoms with E-state index in [1.54, 1.807) is 11.3 Å². The molecule has 1 saturated heterocycles. The van der Waals surface area contributed by atoms with Crippen LogP contribution < -0.4 is 15.8 Å². The first kappa shape index (κ1) is 15.8. The van der Waals surface area contributed by atoms with Crippen LogP contribution >= 0.6 is 11.3 Å². The Balaban J connectivity index is 1.57. The van der Waals surface area contributed by atoms with Gasteiger partial charge in [0, 0.05) is 31.9 Å². The molecule has 0 aliphatic carbocycles. The monoisotopic (exact) mass is 355 g/mol. The van der Waals surface area contributed by atoms with Crippen LogP contribution in [0.1, 0.15) is 23.3 Å². The van der Waals surface area contributed by atoms with Gasteiger partial charge in [0.2, 0.25) is 0 Å². The molecule has 0 atom stereocenters. The predicted molar refractivity (Wildman–Crippen MR) is 98.5 cm³/mol.